The van der Waals surface area contributed by atoms with E-state index >= 15 is 8.78 Å². The Kier molecular flexibility index (Phi) is 8.22. The molecule has 3 aromatic heterocycles. The molecule has 260 valence electrons. The van der Waals surface area contributed by atoms with Gasteiger partial charge >= 0.3 is 6.18 Å². The molecule has 2 atom stereocenters. The maximum atomic E-state index is 15.2. The molecule has 5 aromatic rings. The quantitative estimate of drug-likeness (QED) is 0.133. The molecule has 1 fully saturated rings. The van der Waals surface area contributed by atoms with Gasteiger partial charge in [-0.1, -0.05) is 12.1 Å². The van der Waals surface area contributed by atoms with E-state index in [4.69, 9.17) is 4.74 Å². The molecule has 1 amide bonds. The molecular formula is C35H29F6N5O4. The lowest BCUT2D eigenvalue weighted by Gasteiger charge is -2.22. The largest absolute Gasteiger partial charge is 0.490 e. The monoisotopic (exact) mass is 697 g/mol. The molecule has 15 heteroatoms. The first-order valence-electron chi connectivity index (χ1n) is 15.6. The first-order valence-corrected chi connectivity index (χ1v) is 15.6. The highest BCUT2D eigenvalue weighted by Gasteiger charge is 2.39. The van der Waals surface area contributed by atoms with E-state index in [0.29, 0.717) is 16.9 Å². The van der Waals surface area contributed by atoms with Crippen molar-refractivity contribution in [2.24, 2.45) is 7.05 Å². The lowest BCUT2D eigenvalue weighted by Crippen LogP contribution is -2.22. The standard InChI is InChI=1S/C35H29F6N5O4/c1-17-42-31-25(44(17)2)14-21(35(39,40)41)29-20-5-3-9-46-26(13-18(32(20)46)7-10-50-34(29)31)33(49)19-11-22(36)30(23(37)12-19)43-28(48)6-4-8-45-15-24(38)27(47)16-45/h3-6,9,11-14,24,27,47H,7-8,10,15-16H2,1-2H3,(H,43,48)/b6-4+/t24-,27-/m0/s1. The molecule has 5 heterocycles. The number of benzene rings is 2. The number of hydrogen-bond donors (Lipinski definition) is 2. The Morgan fingerprint density at radius 1 is 1.14 bits per heavy atom. The average molecular weight is 698 g/mol. The zero-order valence-corrected chi connectivity index (χ0v) is 26.6. The second-order valence-electron chi connectivity index (χ2n) is 12.3. The molecule has 0 aliphatic carbocycles. The van der Waals surface area contributed by atoms with Crippen LogP contribution in [0.25, 0.3) is 27.7 Å². The number of β-amino-alcohol motifs (C(OH)–C–C–N with tert-alkyl or cyclic N) is 1. The summed E-state index contributed by atoms with van der Waals surface area (Å²) in [5, 5.41) is 11.6. The van der Waals surface area contributed by atoms with Gasteiger partial charge in [-0.15, -0.1) is 0 Å². The Labute approximate surface area is 280 Å². The fourth-order valence-corrected chi connectivity index (χ4v) is 6.63. The number of aryl methyl sites for hydroxylation is 2. The van der Waals surface area contributed by atoms with E-state index in [1.165, 1.54) is 34.9 Å². The molecule has 0 unspecified atom stereocenters. The van der Waals surface area contributed by atoms with Crippen molar-refractivity contribution >= 4 is 33.9 Å². The Morgan fingerprint density at radius 2 is 1.88 bits per heavy atom. The van der Waals surface area contributed by atoms with Gasteiger partial charge in [0.25, 0.3) is 0 Å². The van der Waals surface area contributed by atoms with Crippen molar-refractivity contribution in [2.45, 2.75) is 31.8 Å². The van der Waals surface area contributed by atoms with E-state index in [0.717, 1.165) is 24.3 Å². The van der Waals surface area contributed by atoms with E-state index in [2.05, 4.69) is 10.3 Å². The molecular weight excluding hydrogens is 668 g/mol. The number of aliphatic hydroxyl groups excluding tert-OH is 1. The molecule has 0 bridgehead atoms. The molecule has 9 nitrogen and oxygen atoms in total. The van der Waals surface area contributed by atoms with Gasteiger partial charge in [0.05, 0.1) is 35.0 Å². The fourth-order valence-electron chi connectivity index (χ4n) is 6.63. The topological polar surface area (TPSA) is 101 Å². The molecule has 2 aliphatic heterocycles. The third-order valence-corrected chi connectivity index (χ3v) is 9.13. The number of ether oxygens (including phenoxy) is 1. The number of nitrogens with zero attached hydrogens (tertiary/aromatic N) is 4. The van der Waals surface area contributed by atoms with Crippen LogP contribution in [-0.4, -0.2) is 74.2 Å². The number of rotatable bonds is 6. The van der Waals surface area contributed by atoms with Gasteiger partial charge in [0.2, 0.25) is 11.7 Å². The summed E-state index contributed by atoms with van der Waals surface area (Å²) in [7, 11) is 1.61. The van der Waals surface area contributed by atoms with Crippen LogP contribution in [0.2, 0.25) is 0 Å². The Bertz CT molecular complexity index is 2210. The Hall–Kier alpha value is -5.15. The number of carbonyl (C=O) groups is 2. The number of ketones is 1. The van der Waals surface area contributed by atoms with E-state index in [9.17, 15) is 32.3 Å². The summed E-state index contributed by atoms with van der Waals surface area (Å²) in [5.74, 6) is -3.71. The summed E-state index contributed by atoms with van der Waals surface area (Å²) in [5.41, 5.74) is -0.987. The van der Waals surface area contributed by atoms with Crippen LogP contribution < -0.4 is 10.1 Å². The number of imidazole rings is 1. The molecule has 0 radical (unpaired) electrons. The highest BCUT2D eigenvalue weighted by molar-refractivity contribution is 6.10. The van der Waals surface area contributed by atoms with Gasteiger partial charge in [-0.3, -0.25) is 14.5 Å². The van der Waals surface area contributed by atoms with Crippen molar-refractivity contribution in [3.8, 4) is 16.9 Å². The SMILES string of the molecule is Cc1nc2c3c(c(C(F)(F)F)cc2n1C)-c1cccn2c(C(=O)c4cc(F)c(NC(=O)/C=C/CN5C[C@H](O)[C@@H](F)C5)c(F)c4)cc(c12)CCO3. The van der Waals surface area contributed by atoms with Crippen LogP contribution in [0, 0.1) is 18.6 Å². The maximum absolute atomic E-state index is 15.2. The number of anilines is 1. The molecule has 2 aliphatic rings. The van der Waals surface area contributed by atoms with Crippen LogP contribution in [0.4, 0.5) is 32.0 Å². The summed E-state index contributed by atoms with van der Waals surface area (Å²) >= 11 is 0. The fraction of sp³-hybridized carbons (Fsp3) is 0.286. The molecule has 1 saturated heterocycles. The number of likely N-dealkylation sites (tertiary alicyclic amines) is 1. The smallest absolute Gasteiger partial charge is 0.417 e. The molecule has 2 N–H and O–H groups in total. The lowest BCUT2D eigenvalue weighted by molar-refractivity contribution is -0.137. The number of nitrogens with one attached hydrogen (secondary N) is 1. The van der Waals surface area contributed by atoms with Gasteiger partial charge in [0.15, 0.2) is 5.75 Å². The second kappa shape index (κ2) is 12.3. The van der Waals surface area contributed by atoms with Gasteiger partial charge in [0.1, 0.15) is 34.8 Å². The van der Waals surface area contributed by atoms with Crippen molar-refractivity contribution in [2.75, 3.05) is 31.6 Å². The van der Waals surface area contributed by atoms with Crippen molar-refractivity contribution in [3.63, 3.8) is 0 Å². The summed E-state index contributed by atoms with van der Waals surface area (Å²) in [4.78, 5) is 32.2. The third kappa shape index (κ3) is 5.69. The molecule has 7 rings (SSSR count). The molecule has 2 aromatic carbocycles. The van der Waals surface area contributed by atoms with Gasteiger partial charge in [-0.25, -0.2) is 18.2 Å². The number of hydrogen-bond acceptors (Lipinski definition) is 6. The Balaban J connectivity index is 1.23. The number of aliphatic hydroxyl groups is 1. The summed E-state index contributed by atoms with van der Waals surface area (Å²) < 4.78 is 96.8. The van der Waals surface area contributed by atoms with E-state index in [-0.39, 0.29) is 66.3 Å². The predicted molar refractivity (Wildman–Crippen MR) is 171 cm³/mol. The van der Waals surface area contributed by atoms with Crippen LogP contribution in [0.15, 0.2) is 54.7 Å². The number of halogens is 6. The minimum Gasteiger partial charge on any atom is -0.490 e. The molecule has 0 spiro atoms. The zero-order valence-electron chi connectivity index (χ0n) is 26.6. The first kappa shape index (κ1) is 33.4. The summed E-state index contributed by atoms with van der Waals surface area (Å²) in [6.07, 6.45) is -3.26. The summed E-state index contributed by atoms with van der Waals surface area (Å²) in [6.45, 7) is 1.82. The van der Waals surface area contributed by atoms with Crippen molar-refractivity contribution < 1.29 is 45.8 Å². The van der Waals surface area contributed by atoms with E-state index in [1.807, 2.05) is 0 Å². The molecule has 50 heavy (non-hydrogen) atoms. The minimum absolute atomic E-state index is 0.0182. The highest BCUT2D eigenvalue weighted by atomic mass is 19.4. The average Bonchev–Trinajstić information content (AvgIpc) is 3.68. The third-order valence-electron chi connectivity index (χ3n) is 9.13. The van der Waals surface area contributed by atoms with Crippen LogP contribution in [0.3, 0.4) is 0 Å². The number of fused-ring (bicyclic) bond motifs is 4. The zero-order chi connectivity index (χ0) is 35.6. The van der Waals surface area contributed by atoms with Crippen LogP contribution in [0.1, 0.15) is 33.0 Å². The number of amides is 1. The highest BCUT2D eigenvalue weighted by Crippen LogP contribution is 2.48. The van der Waals surface area contributed by atoms with Gasteiger partial charge in [0, 0.05) is 62.1 Å². The van der Waals surface area contributed by atoms with Gasteiger partial charge in [-0.2, -0.15) is 13.2 Å². The number of pyridine rings is 1. The number of aromatic nitrogens is 3. The van der Waals surface area contributed by atoms with Crippen LogP contribution in [-0.2, 0) is 24.4 Å². The lowest BCUT2D eigenvalue weighted by atomic mass is 9.94. The van der Waals surface area contributed by atoms with E-state index in [1.54, 1.807) is 23.4 Å². The minimum atomic E-state index is -4.78. The van der Waals surface area contributed by atoms with Gasteiger partial charge in [-0.05, 0) is 42.8 Å². The molecule has 0 saturated carbocycles. The maximum Gasteiger partial charge on any atom is 0.417 e. The van der Waals surface area contributed by atoms with Crippen molar-refractivity contribution in [1.29, 1.82) is 0 Å². The van der Waals surface area contributed by atoms with E-state index < -0.39 is 58.6 Å². The Morgan fingerprint density at radius 3 is 2.56 bits per heavy atom. The number of alkyl halides is 4. The number of carbonyl (C=O) groups excluding carboxylic acids is 2. The first-order chi connectivity index (χ1) is 23.7. The second-order valence-corrected chi connectivity index (χ2v) is 12.3. The van der Waals surface area contributed by atoms with Crippen LogP contribution >= 0.6 is 0 Å². The predicted octanol–water partition coefficient (Wildman–Crippen LogP) is 5.77. The normalized spacial score (nSPS) is 18.0. The summed E-state index contributed by atoms with van der Waals surface area (Å²) in [6, 6.07) is 6.98. The van der Waals surface area contributed by atoms with Crippen LogP contribution in [0.5, 0.6) is 5.75 Å². The van der Waals surface area contributed by atoms with Gasteiger partial charge < -0.3 is 24.1 Å². The van der Waals surface area contributed by atoms with Crippen molar-refractivity contribution in [1.82, 2.24) is 18.9 Å². The van der Waals surface area contributed by atoms with Crippen molar-refractivity contribution in [3.05, 3.63) is 94.6 Å².